The Morgan fingerprint density at radius 2 is 1.68 bits per heavy atom. The summed E-state index contributed by atoms with van der Waals surface area (Å²) in [6, 6.07) is 14.0. The largest absolute Gasteiger partial charge is 0.346 e. The molecule has 19 heavy (non-hydrogen) atoms. The standard InChI is InChI=1S/C14H12N2O2S/c1-10-2-4-11(5-3-10)14(19)15-12-6-8-13(9-7-12)16(17)18/h2-9H,1H3,(H,15,19). The van der Waals surface area contributed by atoms with Crippen LogP contribution in [0.2, 0.25) is 0 Å². The first-order valence-corrected chi connectivity index (χ1v) is 6.09. The van der Waals surface area contributed by atoms with Gasteiger partial charge in [-0.2, -0.15) is 0 Å². The average Bonchev–Trinajstić information content (AvgIpc) is 2.40. The molecular formula is C14H12N2O2S. The molecule has 0 fully saturated rings. The van der Waals surface area contributed by atoms with E-state index in [4.69, 9.17) is 12.2 Å². The fourth-order valence-corrected chi connectivity index (χ4v) is 1.83. The molecule has 2 aromatic carbocycles. The number of non-ortho nitro benzene ring substituents is 1. The van der Waals surface area contributed by atoms with Gasteiger partial charge in [-0.1, -0.05) is 42.0 Å². The van der Waals surface area contributed by atoms with E-state index in [2.05, 4.69) is 5.32 Å². The van der Waals surface area contributed by atoms with Gasteiger partial charge < -0.3 is 5.32 Å². The van der Waals surface area contributed by atoms with Gasteiger partial charge in [0.1, 0.15) is 4.99 Å². The number of nitro benzene ring substituents is 1. The predicted octanol–water partition coefficient (Wildman–Crippen LogP) is 3.69. The molecule has 0 unspecified atom stereocenters. The van der Waals surface area contributed by atoms with E-state index in [0.717, 1.165) is 11.3 Å². The van der Waals surface area contributed by atoms with Gasteiger partial charge in [0, 0.05) is 23.4 Å². The number of benzene rings is 2. The van der Waals surface area contributed by atoms with Crippen LogP contribution in [0.25, 0.3) is 0 Å². The number of hydrogen-bond donors (Lipinski definition) is 1. The van der Waals surface area contributed by atoms with Gasteiger partial charge in [0.15, 0.2) is 0 Å². The SMILES string of the molecule is Cc1ccc(C(=S)Nc2ccc([N+](=O)[O-])cc2)cc1. The molecule has 0 amide bonds. The summed E-state index contributed by atoms with van der Waals surface area (Å²) in [6.07, 6.45) is 0. The molecule has 0 heterocycles. The van der Waals surface area contributed by atoms with Crippen LogP contribution in [0.4, 0.5) is 11.4 Å². The minimum absolute atomic E-state index is 0.0619. The molecule has 2 aromatic rings. The highest BCUT2D eigenvalue weighted by Gasteiger charge is 2.05. The van der Waals surface area contributed by atoms with Gasteiger partial charge in [-0.15, -0.1) is 0 Å². The summed E-state index contributed by atoms with van der Waals surface area (Å²) in [4.78, 5) is 10.7. The normalized spacial score (nSPS) is 9.95. The summed E-state index contributed by atoms with van der Waals surface area (Å²) in [5, 5.41) is 13.6. The first-order chi connectivity index (χ1) is 9.06. The van der Waals surface area contributed by atoms with Crippen LogP contribution < -0.4 is 5.32 Å². The highest BCUT2D eigenvalue weighted by atomic mass is 32.1. The quantitative estimate of drug-likeness (QED) is 0.526. The van der Waals surface area contributed by atoms with E-state index >= 15 is 0 Å². The lowest BCUT2D eigenvalue weighted by Gasteiger charge is -2.08. The number of nitro groups is 1. The summed E-state index contributed by atoms with van der Waals surface area (Å²) in [5.41, 5.74) is 2.88. The van der Waals surface area contributed by atoms with E-state index < -0.39 is 4.92 Å². The van der Waals surface area contributed by atoms with E-state index in [0.29, 0.717) is 4.99 Å². The van der Waals surface area contributed by atoms with E-state index in [1.165, 1.54) is 17.7 Å². The van der Waals surface area contributed by atoms with Crippen molar-refractivity contribution in [3.05, 3.63) is 69.8 Å². The maximum absolute atomic E-state index is 10.5. The molecule has 0 saturated carbocycles. The van der Waals surface area contributed by atoms with Crippen LogP contribution >= 0.6 is 12.2 Å². The van der Waals surface area contributed by atoms with Gasteiger partial charge in [0.05, 0.1) is 4.92 Å². The minimum atomic E-state index is -0.428. The zero-order valence-electron chi connectivity index (χ0n) is 10.3. The van der Waals surface area contributed by atoms with E-state index in [1.54, 1.807) is 12.1 Å². The molecule has 0 aliphatic heterocycles. The van der Waals surface area contributed by atoms with Gasteiger partial charge >= 0.3 is 0 Å². The zero-order chi connectivity index (χ0) is 13.8. The lowest BCUT2D eigenvalue weighted by Crippen LogP contribution is -2.10. The number of aryl methyl sites for hydroxylation is 1. The van der Waals surface area contributed by atoms with Crippen molar-refractivity contribution >= 4 is 28.6 Å². The number of anilines is 1. The number of hydrogen-bond acceptors (Lipinski definition) is 3. The van der Waals surface area contributed by atoms with Crippen LogP contribution in [-0.4, -0.2) is 9.91 Å². The van der Waals surface area contributed by atoms with Gasteiger partial charge in [-0.25, -0.2) is 0 Å². The minimum Gasteiger partial charge on any atom is -0.346 e. The van der Waals surface area contributed by atoms with Crippen molar-refractivity contribution in [3.63, 3.8) is 0 Å². The van der Waals surface area contributed by atoms with Gasteiger partial charge in [0.2, 0.25) is 0 Å². The maximum atomic E-state index is 10.5. The fraction of sp³-hybridized carbons (Fsp3) is 0.0714. The van der Waals surface area contributed by atoms with Crippen LogP contribution in [0.3, 0.4) is 0 Å². The van der Waals surface area contributed by atoms with Crippen molar-refractivity contribution in [3.8, 4) is 0 Å². The Kier molecular flexibility index (Phi) is 3.87. The van der Waals surface area contributed by atoms with Crippen molar-refractivity contribution in [2.24, 2.45) is 0 Å². The third-order valence-corrected chi connectivity index (χ3v) is 2.99. The van der Waals surface area contributed by atoms with Gasteiger partial charge in [0.25, 0.3) is 5.69 Å². The Bertz CT molecular complexity index is 606. The second-order valence-electron chi connectivity index (χ2n) is 4.12. The number of nitrogens with one attached hydrogen (secondary N) is 1. The summed E-state index contributed by atoms with van der Waals surface area (Å²) in [6.45, 7) is 2.01. The maximum Gasteiger partial charge on any atom is 0.269 e. The summed E-state index contributed by atoms with van der Waals surface area (Å²) >= 11 is 5.29. The van der Waals surface area contributed by atoms with Crippen LogP contribution in [0.15, 0.2) is 48.5 Å². The van der Waals surface area contributed by atoms with Crippen molar-refractivity contribution in [2.75, 3.05) is 5.32 Å². The van der Waals surface area contributed by atoms with Crippen molar-refractivity contribution < 1.29 is 4.92 Å². The smallest absolute Gasteiger partial charge is 0.269 e. The first-order valence-electron chi connectivity index (χ1n) is 5.69. The van der Waals surface area contributed by atoms with Gasteiger partial charge in [-0.3, -0.25) is 10.1 Å². The predicted molar refractivity (Wildman–Crippen MR) is 79.6 cm³/mol. The molecule has 0 bridgehead atoms. The third-order valence-electron chi connectivity index (χ3n) is 2.65. The lowest BCUT2D eigenvalue weighted by atomic mass is 10.1. The van der Waals surface area contributed by atoms with Crippen LogP contribution in [0, 0.1) is 17.0 Å². The van der Waals surface area contributed by atoms with Crippen molar-refractivity contribution in [1.82, 2.24) is 0 Å². The topological polar surface area (TPSA) is 55.2 Å². The molecule has 0 aromatic heterocycles. The van der Waals surface area contributed by atoms with E-state index in [9.17, 15) is 10.1 Å². The number of nitrogens with zero attached hydrogens (tertiary/aromatic N) is 1. The molecular weight excluding hydrogens is 260 g/mol. The molecule has 5 heteroatoms. The molecule has 1 N–H and O–H groups in total. The molecule has 0 atom stereocenters. The molecule has 0 aliphatic rings. The monoisotopic (exact) mass is 272 g/mol. The summed E-state index contributed by atoms with van der Waals surface area (Å²) in [5.74, 6) is 0. The second kappa shape index (κ2) is 5.58. The Morgan fingerprint density at radius 1 is 1.11 bits per heavy atom. The molecule has 96 valence electrons. The summed E-state index contributed by atoms with van der Waals surface area (Å²) in [7, 11) is 0. The van der Waals surface area contributed by atoms with Crippen LogP contribution in [0.5, 0.6) is 0 Å². The zero-order valence-corrected chi connectivity index (χ0v) is 11.1. The molecule has 0 spiro atoms. The lowest BCUT2D eigenvalue weighted by molar-refractivity contribution is -0.384. The first kappa shape index (κ1) is 13.2. The average molecular weight is 272 g/mol. The molecule has 0 aliphatic carbocycles. The fourth-order valence-electron chi connectivity index (χ4n) is 1.57. The Morgan fingerprint density at radius 3 is 2.21 bits per heavy atom. The Hall–Kier alpha value is -2.27. The molecule has 0 saturated heterocycles. The van der Waals surface area contributed by atoms with Crippen molar-refractivity contribution in [1.29, 1.82) is 0 Å². The van der Waals surface area contributed by atoms with E-state index in [1.807, 2.05) is 31.2 Å². The van der Waals surface area contributed by atoms with Crippen LogP contribution in [0.1, 0.15) is 11.1 Å². The highest BCUT2D eigenvalue weighted by molar-refractivity contribution is 7.81. The van der Waals surface area contributed by atoms with Gasteiger partial charge in [-0.05, 0) is 19.1 Å². The number of rotatable bonds is 3. The highest BCUT2D eigenvalue weighted by Crippen LogP contribution is 2.16. The molecule has 2 rings (SSSR count). The van der Waals surface area contributed by atoms with Crippen LogP contribution in [-0.2, 0) is 0 Å². The van der Waals surface area contributed by atoms with E-state index in [-0.39, 0.29) is 5.69 Å². The summed E-state index contributed by atoms with van der Waals surface area (Å²) < 4.78 is 0. The Labute approximate surface area is 116 Å². The van der Waals surface area contributed by atoms with Crippen molar-refractivity contribution in [2.45, 2.75) is 6.92 Å². The molecule has 4 nitrogen and oxygen atoms in total. The number of thiocarbonyl (C=S) groups is 1. The second-order valence-corrected chi connectivity index (χ2v) is 4.53. The molecule has 0 radical (unpaired) electrons. The Balaban J connectivity index is 2.10. The third kappa shape index (κ3) is 3.35.